The number of hydrogen-bond acceptors (Lipinski definition) is 5. The molecule has 17 heavy (non-hydrogen) atoms. The molecule has 0 aliphatic carbocycles. The Balaban J connectivity index is 2.88. The van der Waals surface area contributed by atoms with Gasteiger partial charge in [-0.1, -0.05) is 13.8 Å². The highest BCUT2D eigenvalue weighted by Gasteiger charge is 2.16. The molecule has 0 atom stereocenters. The van der Waals surface area contributed by atoms with Crippen molar-refractivity contribution in [3.63, 3.8) is 0 Å². The molecule has 0 saturated carbocycles. The molecule has 0 unspecified atom stereocenters. The van der Waals surface area contributed by atoms with Crippen molar-refractivity contribution in [2.45, 2.75) is 19.9 Å². The number of ketones is 1. The molecule has 2 N–H and O–H groups in total. The number of phenols is 1. The molecule has 1 aromatic carbocycles. The fourth-order valence-electron chi connectivity index (χ4n) is 1.24. The van der Waals surface area contributed by atoms with Gasteiger partial charge in [0.2, 0.25) is 0 Å². The van der Waals surface area contributed by atoms with Crippen LogP contribution < -0.4 is 5.32 Å². The number of nitro groups is 1. The van der Waals surface area contributed by atoms with Crippen LogP contribution >= 0.6 is 0 Å². The molecular weight excluding hydrogens is 224 g/mol. The molecule has 1 aromatic rings. The van der Waals surface area contributed by atoms with Gasteiger partial charge in [0.15, 0.2) is 11.5 Å². The predicted molar refractivity (Wildman–Crippen MR) is 62.2 cm³/mol. The standard InChI is InChI=1S/C11H14N2O4/c1-7(2)12-6-11(15)8-3-4-10(14)9(5-8)13(16)17/h3-5,7,12,14H,6H2,1-2H3. The van der Waals surface area contributed by atoms with Gasteiger partial charge in [0.25, 0.3) is 0 Å². The van der Waals surface area contributed by atoms with Gasteiger partial charge < -0.3 is 10.4 Å². The van der Waals surface area contributed by atoms with E-state index in [9.17, 15) is 20.0 Å². The van der Waals surface area contributed by atoms with Crippen molar-refractivity contribution in [1.82, 2.24) is 5.32 Å². The van der Waals surface area contributed by atoms with Gasteiger partial charge in [-0.05, 0) is 12.1 Å². The third kappa shape index (κ3) is 3.53. The third-order valence-corrected chi connectivity index (χ3v) is 2.16. The number of carbonyl (C=O) groups is 1. The number of rotatable bonds is 5. The van der Waals surface area contributed by atoms with Crippen LogP contribution in [0.3, 0.4) is 0 Å². The zero-order valence-corrected chi connectivity index (χ0v) is 9.64. The van der Waals surface area contributed by atoms with E-state index in [1.54, 1.807) is 0 Å². The van der Waals surface area contributed by atoms with Crippen LogP contribution in [0.25, 0.3) is 0 Å². The van der Waals surface area contributed by atoms with Gasteiger partial charge in [0.05, 0.1) is 11.5 Å². The first-order chi connectivity index (χ1) is 7.91. The SMILES string of the molecule is CC(C)NCC(=O)c1ccc(O)c([N+](=O)[O-])c1. The van der Waals surface area contributed by atoms with Crippen LogP contribution in [0.5, 0.6) is 5.75 Å². The number of nitrogens with zero attached hydrogens (tertiary/aromatic N) is 1. The highest BCUT2D eigenvalue weighted by Crippen LogP contribution is 2.26. The van der Waals surface area contributed by atoms with E-state index in [4.69, 9.17) is 0 Å². The number of nitrogens with one attached hydrogen (secondary N) is 1. The van der Waals surface area contributed by atoms with Gasteiger partial charge >= 0.3 is 5.69 Å². The summed E-state index contributed by atoms with van der Waals surface area (Å²) in [7, 11) is 0. The summed E-state index contributed by atoms with van der Waals surface area (Å²) < 4.78 is 0. The van der Waals surface area contributed by atoms with E-state index in [1.165, 1.54) is 6.07 Å². The predicted octanol–water partition coefficient (Wildman–Crippen LogP) is 1.48. The van der Waals surface area contributed by atoms with Crippen LogP contribution in [0, 0.1) is 10.1 Å². The summed E-state index contributed by atoms with van der Waals surface area (Å²) in [5.41, 5.74) is -0.247. The minimum Gasteiger partial charge on any atom is -0.502 e. The average molecular weight is 238 g/mol. The molecule has 1 rings (SSSR count). The lowest BCUT2D eigenvalue weighted by atomic mass is 10.1. The molecule has 0 radical (unpaired) electrons. The van der Waals surface area contributed by atoms with Crippen LogP contribution in [0.1, 0.15) is 24.2 Å². The van der Waals surface area contributed by atoms with Crippen molar-refractivity contribution < 1.29 is 14.8 Å². The van der Waals surface area contributed by atoms with Gasteiger partial charge in [-0.3, -0.25) is 14.9 Å². The summed E-state index contributed by atoms with van der Waals surface area (Å²) >= 11 is 0. The number of carbonyl (C=O) groups excluding carboxylic acids is 1. The molecule has 6 nitrogen and oxygen atoms in total. The molecule has 0 bridgehead atoms. The molecule has 0 amide bonds. The van der Waals surface area contributed by atoms with Crippen molar-refractivity contribution in [1.29, 1.82) is 0 Å². The van der Waals surface area contributed by atoms with Crippen LogP contribution in [0.2, 0.25) is 0 Å². The first-order valence-corrected chi connectivity index (χ1v) is 5.16. The maximum Gasteiger partial charge on any atom is 0.311 e. The molecule has 0 fully saturated rings. The molecular formula is C11H14N2O4. The van der Waals surface area contributed by atoms with Gasteiger partial charge in [-0.25, -0.2) is 0 Å². The van der Waals surface area contributed by atoms with E-state index >= 15 is 0 Å². The molecule has 0 spiro atoms. The zero-order chi connectivity index (χ0) is 13.0. The Labute approximate surface area is 98.4 Å². The first-order valence-electron chi connectivity index (χ1n) is 5.16. The smallest absolute Gasteiger partial charge is 0.311 e. The second-order valence-corrected chi connectivity index (χ2v) is 3.92. The summed E-state index contributed by atoms with van der Waals surface area (Å²) in [5.74, 6) is -0.690. The van der Waals surface area contributed by atoms with E-state index < -0.39 is 16.4 Å². The molecule has 0 heterocycles. The Morgan fingerprint density at radius 1 is 1.53 bits per heavy atom. The zero-order valence-electron chi connectivity index (χ0n) is 9.64. The lowest BCUT2D eigenvalue weighted by Gasteiger charge is -2.07. The highest BCUT2D eigenvalue weighted by atomic mass is 16.6. The lowest BCUT2D eigenvalue weighted by Crippen LogP contribution is -2.29. The van der Waals surface area contributed by atoms with Gasteiger partial charge in [-0.2, -0.15) is 0 Å². The second-order valence-electron chi connectivity index (χ2n) is 3.92. The minimum absolute atomic E-state index is 0.111. The van der Waals surface area contributed by atoms with E-state index in [1.807, 2.05) is 13.8 Å². The van der Waals surface area contributed by atoms with E-state index in [0.29, 0.717) is 0 Å². The quantitative estimate of drug-likeness (QED) is 0.460. The third-order valence-electron chi connectivity index (χ3n) is 2.16. The number of benzene rings is 1. The maximum absolute atomic E-state index is 11.7. The van der Waals surface area contributed by atoms with E-state index in [2.05, 4.69) is 5.32 Å². The van der Waals surface area contributed by atoms with Gasteiger partial charge in [0.1, 0.15) is 0 Å². The van der Waals surface area contributed by atoms with Crippen LogP contribution in [-0.2, 0) is 0 Å². The van der Waals surface area contributed by atoms with Crippen LogP contribution in [-0.4, -0.2) is 28.4 Å². The van der Waals surface area contributed by atoms with Crippen LogP contribution in [0.4, 0.5) is 5.69 Å². The molecule has 0 saturated heterocycles. The molecule has 0 aromatic heterocycles. The molecule has 92 valence electrons. The monoisotopic (exact) mass is 238 g/mol. The average Bonchev–Trinajstić information content (AvgIpc) is 2.26. The summed E-state index contributed by atoms with van der Waals surface area (Å²) in [6, 6.07) is 3.76. The Bertz CT molecular complexity index is 443. The minimum atomic E-state index is -0.720. The van der Waals surface area contributed by atoms with Crippen molar-refractivity contribution in [2.75, 3.05) is 6.54 Å². The Hall–Kier alpha value is -1.95. The van der Waals surface area contributed by atoms with Crippen LogP contribution in [0.15, 0.2) is 18.2 Å². The summed E-state index contributed by atoms with van der Waals surface area (Å²) in [5, 5.41) is 22.7. The van der Waals surface area contributed by atoms with Gasteiger partial charge in [-0.15, -0.1) is 0 Å². The van der Waals surface area contributed by atoms with Crippen molar-refractivity contribution >= 4 is 11.5 Å². The Morgan fingerprint density at radius 3 is 2.71 bits per heavy atom. The normalized spacial score (nSPS) is 10.5. The number of nitro benzene ring substituents is 1. The van der Waals surface area contributed by atoms with E-state index in [0.717, 1.165) is 12.1 Å². The number of hydrogen-bond donors (Lipinski definition) is 2. The molecule has 0 aliphatic heterocycles. The van der Waals surface area contributed by atoms with Crippen molar-refractivity contribution in [2.24, 2.45) is 0 Å². The summed E-state index contributed by atoms with van der Waals surface area (Å²) in [6.07, 6.45) is 0. The lowest BCUT2D eigenvalue weighted by molar-refractivity contribution is -0.385. The fourth-order valence-corrected chi connectivity index (χ4v) is 1.24. The largest absolute Gasteiger partial charge is 0.502 e. The fraction of sp³-hybridized carbons (Fsp3) is 0.364. The number of Topliss-reactive ketones (excluding diaryl/α,β-unsaturated/α-hetero) is 1. The second kappa shape index (κ2) is 5.40. The molecule has 6 heteroatoms. The number of aromatic hydroxyl groups is 1. The van der Waals surface area contributed by atoms with Crippen molar-refractivity contribution in [3.05, 3.63) is 33.9 Å². The maximum atomic E-state index is 11.7. The first kappa shape index (κ1) is 13.1. The Kier molecular flexibility index (Phi) is 4.17. The highest BCUT2D eigenvalue weighted by molar-refractivity contribution is 5.98. The summed E-state index contributed by atoms with van der Waals surface area (Å²) in [4.78, 5) is 21.5. The summed E-state index contributed by atoms with van der Waals surface area (Å²) in [6.45, 7) is 3.90. The number of phenolic OH excluding ortho intramolecular Hbond substituents is 1. The van der Waals surface area contributed by atoms with Gasteiger partial charge in [0, 0.05) is 17.7 Å². The Morgan fingerprint density at radius 2 is 2.18 bits per heavy atom. The van der Waals surface area contributed by atoms with Crippen molar-refractivity contribution in [3.8, 4) is 5.75 Å². The molecule has 0 aliphatic rings. The topological polar surface area (TPSA) is 92.5 Å². The van der Waals surface area contributed by atoms with E-state index in [-0.39, 0.29) is 23.9 Å².